The van der Waals surface area contributed by atoms with E-state index >= 15 is 0 Å². The number of nitrogens with one attached hydrogen (secondary N) is 1. The highest BCUT2D eigenvalue weighted by Gasteiger charge is 2.24. The van der Waals surface area contributed by atoms with Crippen LogP contribution in [0.15, 0.2) is 17.0 Å². The SMILES string of the molecule is Cc1nn(C)c(C)c1NS(=O)(=O)c1cc(Cl)cc(Cl)c1O. The van der Waals surface area contributed by atoms with E-state index in [0.29, 0.717) is 17.1 Å². The quantitative estimate of drug-likeness (QED) is 0.892. The molecule has 114 valence electrons. The van der Waals surface area contributed by atoms with Crippen molar-refractivity contribution in [2.24, 2.45) is 7.05 Å². The number of rotatable bonds is 3. The highest BCUT2D eigenvalue weighted by molar-refractivity contribution is 7.92. The smallest absolute Gasteiger partial charge is 0.265 e. The van der Waals surface area contributed by atoms with Crippen LogP contribution in [-0.2, 0) is 17.1 Å². The van der Waals surface area contributed by atoms with Gasteiger partial charge in [0.1, 0.15) is 4.90 Å². The Balaban J connectivity index is 2.54. The largest absolute Gasteiger partial charge is 0.505 e. The van der Waals surface area contributed by atoms with E-state index in [4.69, 9.17) is 23.2 Å². The molecule has 2 aromatic rings. The summed E-state index contributed by atoms with van der Waals surface area (Å²) < 4.78 is 28.8. The Morgan fingerprint density at radius 1 is 1.29 bits per heavy atom. The summed E-state index contributed by atoms with van der Waals surface area (Å²) in [5.41, 5.74) is 1.52. The summed E-state index contributed by atoms with van der Waals surface area (Å²) in [6.45, 7) is 3.40. The van der Waals surface area contributed by atoms with Crippen LogP contribution < -0.4 is 4.72 Å². The van der Waals surface area contributed by atoms with E-state index in [-0.39, 0.29) is 14.9 Å². The van der Waals surface area contributed by atoms with Gasteiger partial charge < -0.3 is 5.11 Å². The number of aromatic nitrogens is 2. The molecule has 0 amide bonds. The molecule has 9 heteroatoms. The summed E-state index contributed by atoms with van der Waals surface area (Å²) in [6, 6.07) is 2.39. The number of aromatic hydroxyl groups is 1. The standard InChI is InChI=1S/C12H13Cl2N3O3S/c1-6-11(7(2)17(3)15-6)16-21(19,20)10-5-8(13)4-9(14)12(10)18/h4-5,16,18H,1-3H3. The molecule has 1 aromatic carbocycles. The maximum Gasteiger partial charge on any atom is 0.265 e. The first-order chi connectivity index (χ1) is 9.63. The molecule has 0 atom stereocenters. The fraction of sp³-hybridized carbons (Fsp3) is 0.250. The molecule has 0 aliphatic heterocycles. The Morgan fingerprint density at radius 3 is 2.43 bits per heavy atom. The minimum absolute atomic E-state index is 0.109. The van der Waals surface area contributed by atoms with Crippen molar-refractivity contribution >= 4 is 38.9 Å². The number of halogens is 2. The van der Waals surface area contributed by atoms with E-state index in [2.05, 4.69) is 9.82 Å². The molecular formula is C12H13Cl2N3O3S. The number of benzene rings is 1. The van der Waals surface area contributed by atoms with Gasteiger partial charge in [0.15, 0.2) is 5.75 Å². The van der Waals surface area contributed by atoms with Gasteiger partial charge in [-0.15, -0.1) is 0 Å². The predicted molar refractivity (Wildman–Crippen MR) is 81.6 cm³/mol. The maximum absolute atomic E-state index is 12.4. The Bertz CT molecular complexity index is 816. The second-order valence-corrected chi connectivity index (χ2v) is 7.00. The monoisotopic (exact) mass is 349 g/mol. The van der Waals surface area contributed by atoms with Gasteiger partial charge in [-0.1, -0.05) is 23.2 Å². The normalized spacial score (nSPS) is 11.7. The van der Waals surface area contributed by atoms with E-state index in [9.17, 15) is 13.5 Å². The lowest BCUT2D eigenvalue weighted by Gasteiger charge is -2.11. The van der Waals surface area contributed by atoms with Crippen molar-refractivity contribution in [3.05, 3.63) is 33.6 Å². The molecule has 2 rings (SSSR count). The van der Waals surface area contributed by atoms with Gasteiger partial charge in [-0.05, 0) is 26.0 Å². The summed E-state index contributed by atoms with van der Waals surface area (Å²) in [6.07, 6.45) is 0. The van der Waals surface area contributed by atoms with Gasteiger partial charge in [0.25, 0.3) is 10.0 Å². The van der Waals surface area contributed by atoms with Crippen LogP contribution in [0.2, 0.25) is 10.0 Å². The molecule has 6 nitrogen and oxygen atoms in total. The van der Waals surface area contributed by atoms with E-state index in [1.54, 1.807) is 25.6 Å². The summed E-state index contributed by atoms with van der Waals surface area (Å²) in [5.74, 6) is -0.548. The lowest BCUT2D eigenvalue weighted by atomic mass is 10.3. The van der Waals surface area contributed by atoms with Crippen LogP contribution in [0.25, 0.3) is 0 Å². The fourth-order valence-electron chi connectivity index (χ4n) is 1.86. The molecule has 0 aliphatic rings. The number of aryl methyl sites for hydroxylation is 2. The van der Waals surface area contributed by atoms with Gasteiger partial charge in [-0.3, -0.25) is 9.40 Å². The topological polar surface area (TPSA) is 84.2 Å². The summed E-state index contributed by atoms with van der Waals surface area (Å²) >= 11 is 11.5. The Labute approximate surface area is 132 Å². The van der Waals surface area contributed by atoms with Crippen molar-refractivity contribution in [2.45, 2.75) is 18.7 Å². The highest BCUT2D eigenvalue weighted by Crippen LogP contribution is 2.35. The molecule has 0 radical (unpaired) electrons. The van der Waals surface area contributed by atoms with Gasteiger partial charge in [0, 0.05) is 12.1 Å². The van der Waals surface area contributed by atoms with Crippen LogP contribution in [0, 0.1) is 13.8 Å². The third-order valence-electron chi connectivity index (χ3n) is 3.03. The molecule has 0 spiro atoms. The maximum atomic E-state index is 12.4. The third-order valence-corrected chi connectivity index (χ3v) is 4.90. The lowest BCUT2D eigenvalue weighted by Crippen LogP contribution is -2.14. The number of nitrogens with zero attached hydrogens (tertiary/aromatic N) is 2. The Morgan fingerprint density at radius 2 is 1.90 bits per heavy atom. The molecule has 0 saturated carbocycles. The molecule has 2 N–H and O–H groups in total. The van der Waals surface area contributed by atoms with Crippen LogP contribution in [-0.4, -0.2) is 23.3 Å². The second-order valence-electron chi connectivity index (χ2n) is 4.51. The number of phenols is 1. The zero-order valence-corrected chi connectivity index (χ0v) is 13.8. The minimum atomic E-state index is -4.04. The predicted octanol–water partition coefficient (Wildman–Crippen LogP) is 2.85. The van der Waals surface area contributed by atoms with E-state index in [1.807, 2.05) is 0 Å². The molecule has 0 saturated heterocycles. The third kappa shape index (κ3) is 2.95. The number of phenolic OH excluding ortho intramolecular Hbond substituents is 1. The molecule has 21 heavy (non-hydrogen) atoms. The van der Waals surface area contributed by atoms with Gasteiger partial charge in [0.2, 0.25) is 0 Å². The van der Waals surface area contributed by atoms with Crippen LogP contribution >= 0.6 is 23.2 Å². The second kappa shape index (κ2) is 5.40. The van der Waals surface area contributed by atoms with Crippen LogP contribution in [0.5, 0.6) is 5.75 Å². The minimum Gasteiger partial charge on any atom is -0.505 e. The molecular weight excluding hydrogens is 337 g/mol. The summed E-state index contributed by atoms with van der Waals surface area (Å²) in [7, 11) is -2.34. The molecule has 0 fully saturated rings. The summed E-state index contributed by atoms with van der Waals surface area (Å²) in [4.78, 5) is -0.386. The van der Waals surface area contributed by atoms with Crippen LogP contribution in [0.4, 0.5) is 5.69 Å². The van der Waals surface area contributed by atoms with Crippen molar-refractivity contribution in [1.29, 1.82) is 0 Å². The van der Waals surface area contributed by atoms with Gasteiger partial charge in [0.05, 0.1) is 22.1 Å². The summed E-state index contributed by atoms with van der Waals surface area (Å²) in [5, 5.41) is 13.9. The molecule has 0 unspecified atom stereocenters. The van der Waals surface area contributed by atoms with Crippen molar-refractivity contribution in [1.82, 2.24) is 9.78 Å². The van der Waals surface area contributed by atoms with E-state index in [0.717, 1.165) is 6.07 Å². The van der Waals surface area contributed by atoms with Gasteiger partial charge in [-0.2, -0.15) is 5.10 Å². The van der Waals surface area contributed by atoms with Crippen molar-refractivity contribution < 1.29 is 13.5 Å². The number of hydrogen-bond donors (Lipinski definition) is 2. The molecule has 0 aliphatic carbocycles. The zero-order chi connectivity index (χ0) is 15.9. The molecule has 1 heterocycles. The number of sulfonamides is 1. The fourth-order valence-corrected chi connectivity index (χ4v) is 3.79. The van der Waals surface area contributed by atoms with Crippen LogP contribution in [0.1, 0.15) is 11.4 Å². The average Bonchev–Trinajstić information content (AvgIpc) is 2.60. The van der Waals surface area contributed by atoms with E-state index < -0.39 is 15.8 Å². The van der Waals surface area contributed by atoms with Crippen LogP contribution in [0.3, 0.4) is 0 Å². The average molecular weight is 350 g/mol. The first kappa shape index (κ1) is 15.9. The molecule has 0 bridgehead atoms. The van der Waals surface area contributed by atoms with Crippen molar-refractivity contribution in [3.63, 3.8) is 0 Å². The lowest BCUT2D eigenvalue weighted by molar-refractivity contribution is 0.459. The van der Waals surface area contributed by atoms with Gasteiger partial charge >= 0.3 is 0 Å². The zero-order valence-electron chi connectivity index (χ0n) is 11.5. The van der Waals surface area contributed by atoms with E-state index in [1.165, 1.54) is 6.07 Å². The first-order valence-corrected chi connectivity index (χ1v) is 8.08. The van der Waals surface area contributed by atoms with Crippen molar-refractivity contribution in [3.8, 4) is 5.75 Å². The first-order valence-electron chi connectivity index (χ1n) is 5.84. The van der Waals surface area contributed by atoms with Crippen molar-refractivity contribution in [2.75, 3.05) is 4.72 Å². The van der Waals surface area contributed by atoms with Gasteiger partial charge in [-0.25, -0.2) is 8.42 Å². The number of anilines is 1. The highest BCUT2D eigenvalue weighted by atomic mass is 35.5. The molecule has 1 aromatic heterocycles. The Hall–Kier alpha value is -1.44. The Kier molecular flexibility index (Phi) is 4.10. The number of hydrogen-bond acceptors (Lipinski definition) is 4.